The van der Waals surface area contributed by atoms with Gasteiger partial charge in [-0.1, -0.05) is 13.8 Å². The van der Waals surface area contributed by atoms with Crippen LogP contribution in [0.2, 0.25) is 0 Å². The van der Waals surface area contributed by atoms with Gasteiger partial charge in [0.15, 0.2) is 0 Å². The highest BCUT2D eigenvalue weighted by Crippen LogP contribution is 2.35. The molecule has 5 nitrogen and oxygen atoms in total. The van der Waals surface area contributed by atoms with Gasteiger partial charge in [0.2, 0.25) is 0 Å². The number of hydrogen-bond donors (Lipinski definition) is 2. The van der Waals surface area contributed by atoms with Crippen molar-refractivity contribution in [1.29, 1.82) is 0 Å². The second-order valence-electron chi connectivity index (χ2n) is 5.52. The van der Waals surface area contributed by atoms with E-state index < -0.39 is 0 Å². The topological polar surface area (TPSA) is 67.8 Å². The molecule has 0 aliphatic heterocycles. The maximum Gasteiger partial charge on any atom is 0.251 e. The van der Waals surface area contributed by atoms with Gasteiger partial charge in [-0.15, -0.1) is 0 Å². The highest BCUT2D eigenvalue weighted by molar-refractivity contribution is 9.10. The summed E-state index contributed by atoms with van der Waals surface area (Å²) >= 11 is 3.37. The Morgan fingerprint density at radius 3 is 2.24 bits per heavy atom. The third kappa shape index (κ3) is 4.89. The number of hydrogen-bond acceptors (Lipinski definition) is 4. The molecule has 1 amide bonds. The molecule has 0 atom stereocenters. The molecule has 0 saturated heterocycles. The lowest BCUT2D eigenvalue weighted by Gasteiger charge is -2.24. The fourth-order valence-corrected chi connectivity index (χ4v) is 2.37. The van der Waals surface area contributed by atoms with Crippen LogP contribution in [0.3, 0.4) is 0 Å². The van der Waals surface area contributed by atoms with E-state index in [9.17, 15) is 4.79 Å². The van der Waals surface area contributed by atoms with Crippen molar-refractivity contribution in [2.75, 3.05) is 27.4 Å². The summed E-state index contributed by atoms with van der Waals surface area (Å²) in [5.41, 5.74) is 0.306. The number of methoxy groups -OCH3 is 2. The van der Waals surface area contributed by atoms with Gasteiger partial charge in [-0.3, -0.25) is 4.79 Å². The number of amides is 1. The summed E-state index contributed by atoms with van der Waals surface area (Å²) in [6.45, 7) is 4.56. The van der Waals surface area contributed by atoms with E-state index in [1.54, 1.807) is 12.1 Å². The van der Waals surface area contributed by atoms with Crippen molar-refractivity contribution in [3.05, 3.63) is 22.2 Å². The van der Waals surface area contributed by atoms with E-state index in [-0.39, 0.29) is 17.9 Å². The summed E-state index contributed by atoms with van der Waals surface area (Å²) < 4.78 is 11.1. The molecule has 2 N–H and O–H groups in total. The molecule has 1 aromatic carbocycles. The molecule has 118 valence electrons. The van der Waals surface area contributed by atoms with Crippen LogP contribution in [0.4, 0.5) is 0 Å². The first-order valence-corrected chi connectivity index (χ1v) is 7.44. The molecule has 0 aliphatic carbocycles. The summed E-state index contributed by atoms with van der Waals surface area (Å²) in [5, 5.41) is 11.9. The van der Waals surface area contributed by atoms with Crippen LogP contribution in [0.15, 0.2) is 16.6 Å². The molecule has 0 aliphatic rings. The Kier molecular flexibility index (Phi) is 6.48. The summed E-state index contributed by atoms with van der Waals surface area (Å²) in [6.07, 6.45) is 0.625. The number of aliphatic hydroxyl groups excluding tert-OH is 1. The minimum Gasteiger partial charge on any atom is -0.495 e. The highest BCUT2D eigenvalue weighted by atomic mass is 79.9. The van der Waals surface area contributed by atoms with Crippen molar-refractivity contribution in [3.8, 4) is 11.5 Å². The maximum atomic E-state index is 12.2. The quantitative estimate of drug-likeness (QED) is 0.785. The summed E-state index contributed by atoms with van der Waals surface area (Å²) in [4.78, 5) is 12.2. The smallest absolute Gasteiger partial charge is 0.251 e. The number of rotatable bonds is 7. The maximum absolute atomic E-state index is 12.2. The summed E-state index contributed by atoms with van der Waals surface area (Å²) in [7, 11) is 3.07. The van der Waals surface area contributed by atoms with Crippen LogP contribution in [0.5, 0.6) is 11.5 Å². The van der Waals surface area contributed by atoms with Crippen LogP contribution in [0.25, 0.3) is 0 Å². The number of ether oxygens (including phenoxy) is 2. The molecule has 0 heterocycles. The minimum atomic E-state index is -0.204. The molecule has 1 aromatic rings. The van der Waals surface area contributed by atoms with E-state index >= 15 is 0 Å². The Balaban J connectivity index is 2.88. The van der Waals surface area contributed by atoms with Crippen molar-refractivity contribution in [2.45, 2.75) is 20.3 Å². The normalized spacial score (nSPS) is 11.1. The predicted octanol–water partition coefficient (Wildman–Crippen LogP) is 2.60. The van der Waals surface area contributed by atoms with Crippen molar-refractivity contribution in [3.63, 3.8) is 0 Å². The van der Waals surface area contributed by atoms with Crippen LogP contribution >= 0.6 is 15.9 Å². The van der Waals surface area contributed by atoms with Crippen LogP contribution < -0.4 is 14.8 Å². The molecule has 0 saturated carbocycles. The number of benzene rings is 1. The fraction of sp³-hybridized carbons (Fsp3) is 0.533. The standard InChI is InChI=1S/C15H22BrNO4/c1-15(2,5-6-18)9-17-14(19)10-7-11(20-3)13(16)12(8-10)21-4/h7-8,18H,5-6,9H2,1-4H3,(H,17,19). The monoisotopic (exact) mass is 359 g/mol. The Hall–Kier alpha value is -1.27. The molecule has 1 rings (SSSR count). The summed E-state index contributed by atoms with van der Waals surface area (Å²) in [5.74, 6) is 0.869. The number of carbonyl (C=O) groups is 1. The molecule has 21 heavy (non-hydrogen) atoms. The van der Waals surface area contributed by atoms with Crippen LogP contribution in [0, 0.1) is 5.41 Å². The summed E-state index contributed by atoms with van der Waals surface area (Å²) in [6, 6.07) is 3.31. The van der Waals surface area contributed by atoms with E-state index in [0.29, 0.717) is 34.5 Å². The first-order chi connectivity index (χ1) is 9.84. The molecule has 0 bridgehead atoms. The molecule has 6 heteroatoms. The Morgan fingerprint density at radius 2 is 1.81 bits per heavy atom. The first-order valence-electron chi connectivity index (χ1n) is 6.65. The number of nitrogens with one attached hydrogen (secondary N) is 1. The van der Waals surface area contributed by atoms with E-state index in [1.165, 1.54) is 14.2 Å². The van der Waals surface area contributed by atoms with Gasteiger partial charge in [0.25, 0.3) is 5.91 Å². The largest absolute Gasteiger partial charge is 0.495 e. The van der Waals surface area contributed by atoms with E-state index in [1.807, 2.05) is 13.8 Å². The van der Waals surface area contributed by atoms with Crippen LogP contribution in [0.1, 0.15) is 30.6 Å². The number of aliphatic hydroxyl groups is 1. The van der Waals surface area contributed by atoms with Gasteiger partial charge in [-0.2, -0.15) is 0 Å². The van der Waals surface area contributed by atoms with Crippen molar-refractivity contribution < 1.29 is 19.4 Å². The molecular weight excluding hydrogens is 338 g/mol. The van der Waals surface area contributed by atoms with Crippen LogP contribution in [-0.4, -0.2) is 38.4 Å². The average molecular weight is 360 g/mol. The molecule has 0 fully saturated rings. The average Bonchev–Trinajstić information content (AvgIpc) is 2.45. The third-order valence-corrected chi connectivity index (χ3v) is 4.01. The van der Waals surface area contributed by atoms with E-state index in [4.69, 9.17) is 14.6 Å². The Labute approximate surface area is 133 Å². The van der Waals surface area contributed by atoms with Gasteiger partial charge in [0.05, 0.1) is 14.2 Å². The van der Waals surface area contributed by atoms with E-state index in [0.717, 1.165) is 0 Å². The second kappa shape index (κ2) is 7.66. The SMILES string of the molecule is COc1cc(C(=O)NCC(C)(C)CCO)cc(OC)c1Br. The molecule has 0 radical (unpaired) electrons. The van der Waals surface area contributed by atoms with Gasteiger partial charge in [-0.25, -0.2) is 0 Å². The first kappa shape index (κ1) is 17.8. The van der Waals surface area contributed by atoms with Crippen molar-refractivity contribution >= 4 is 21.8 Å². The number of carbonyl (C=O) groups excluding carboxylic acids is 1. The van der Waals surface area contributed by atoms with E-state index in [2.05, 4.69) is 21.2 Å². The zero-order valence-electron chi connectivity index (χ0n) is 12.8. The van der Waals surface area contributed by atoms with Crippen molar-refractivity contribution in [1.82, 2.24) is 5.32 Å². The van der Waals surface area contributed by atoms with Gasteiger partial charge in [0.1, 0.15) is 16.0 Å². The fourth-order valence-electron chi connectivity index (χ4n) is 1.81. The Morgan fingerprint density at radius 1 is 1.29 bits per heavy atom. The van der Waals surface area contributed by atoms with Crippen LogP contribution in [-0.2, 0) is 0 Å². The molecule has 0 unspecified atom stereocenters. The zero-order valence-corrected chi connectivity index (χ0v) is 14.4. The second-order valence-corrected chi connectivity index (χ2v) is 6.31. The third-order valence-electron chi connectivity index (χ3n) is 3.22. The van der Waals surface area contributed by atoms with Gasteiger partial charge >= 0.3 is 0 Å². The molecular formula is C15H22BrNO4. The zero-order chi connectivity index (χ0) is 16.0. The Bertz CT molecular complexity index is 477. The van der Waals surface area contributed by atoms with Crippen molar-refractivity contribution in [2.24, 2.45) is 5.41 Å². The van der Waals surface area contributed by atoms with Gasteiger partial charge in [-0.05, 0) is 39.9 Å². The van der Waals surface area contributed by atoms with Gasteiger partial charge < -0.3 is 19.9 Å². The lowest BCUT2D eigenvalue weighted by Crippen LogP contribution is -2.34. The minimum absolute atomic E-state index is 0.1000. The van der Waals surface area contributed by atoms with Gasteiger partial charge in [0, 0.05) is 18.7 Å². The predicted molar refractivity (Wildman–Crippen MR) is 85.1 cm³/mol. The molecule has 0 aromatic heterocycles. The lowest BCUT2D eigenvalue weighted by atomic mass is 9.89. The lowest BCUT2D eigenvalue weighted by molar-refractivity contribution is 0.0927. The highest BCUT2D eigenvalue weighted by Gasteiger charge is 2.20. The molecule has 0 spiro atoms. The number of halogens is 1.